The molecule has 0 aromatic carbocycles. The molecule has 0 saturated carbocycles. The van der Waals surface area contributed by atoms with Gasteiger partial charge in [0.1, 0.15) is 0 Å². The van der Waals surface area contributed by atoms with Gasteiger partial charge in [-0.05, 0) is 0 Å². The number of likely N-dealkylation sites (N-methyl/N-ethyl adjacent to an activating group) is 2. The van der Waals surface area contributed by atoms with Crippen LogP contribution in [0.25, 0.3) is 0 Å². The Morgan fingerprint density at radius 3 is 2.00 bits per heavy atom. The third kappa shape index (κ3) is 1.77. The average molecular weight is 161 g/mol. The Balaban J connectivity index is 2.56. The van der Waals surface area contributed by atoms with Crippen LogP contribution in [0.4, 0.5) is 0 Å². The molecule has 10 heavy (non-hydrogen) atoms. The summed E-state index contributed by atoms with van der Waals surface area (Å²) >= 11 is 0. The molecule has 3 nitrogen and oxygen atoms in total. The Hall–Kier alpha value is 0.0500. The van der Waals surface area contributed by atoms with E-state index in [9.17, 15) is 4.89 Å². The van der Waals surface area contributed by atoms with E-state index in [1.165, 1.54) is 0 Å². The summed E-state index contributed by atoms with van der Waals surface area (Å²) in [7, 11) is 2.51. The van der Waals surface area contributed by atoms with Gasteiger partial charge in [0.15, 0.2) is 0 Å². The lowest BCUT2D eigenvalue weighted by molar-refractivity contribution is 0.425. The summed E-state index contributed by atoms with van der Waals surface area (Å²) in [5.41, 5.74) is 0. The second-order valence-corrected chi connectivity index (χ2v) is 4.66. The van der Waals surface area contributed by atoms with E-state index in [2.05, 4.69) is 12.2 Å². The van der Waals surface area contributed by atoms with Gasteiger partial charge in [-0.2, -0.15) is 0 Å². The second-order valence-electron chi connectivity index (χ2n) is 2.53. The number of hydrogen-bond donors (Lipinski definition) is 1. The first kappa shape index (κ1) is 8.15. The van der Waals surface area contributed by atoms with Gasteiger partial charge in [0.2, 0.25) is 0 Å². The highest BCUT2D eigenvalue weighted by Gasteiger charge is 2.24. The molecular formula is C6H14N2OP+. The SMILES string of the molecule is CN1CC=CCN(C)[PH+]1O. The fourth-order valence-electron chi connectivity index (χ4n) is 0.920. The molecule has 0 aromatic heterocycles. The van der Waals surface area contributed by atoms with Gasteiger partial charge in [0.05, 0.1) is 13.1 Å². The lowest BCUT2D eigenvalue weighted by atomic mass is 10.5. The van der Waals surface area contributed by atoms with Gasteiger partial charge in [-0.3, -0.25) is 0 Å². The van der Waals surface area contributed by atoms with Gasteiger partial charge in [0.25, 0.3) is 8.45 Å². The predicted octanol–water partition coefficient (Wildman–Crippen LogP) is 0.371. The summed E-state index contributed by atoms with van der Waals surface area (Å²) in [5, 5.41) is 0. The summed E-state index contributed by atoms with van der Waals surface area (Å²) in [6.45, 7) is 1.74. The molecule has 4 heteroatoms. The zero-order valence-electron chi connectivity index (χ0n) is 6.41. The molecule has 0 unspecified atom stereocenters. The predicted molar refractivity (Wildman–Crippen MR) is 44.9 cm³/mol. The quantitative estimate of drug-likeness (QED) is 0.411. The number of nitrogens with zero attached hydrogens (tertiary/aromatic N) is 2. The number of rotatable bonds is 0. The highest BCUT2D eigenvalue weighted by Crippen LogP contribution is 2.37. The maximum atomic E-state index is 9.54. The van der Waals surface area contributed by atoms with Gasteiger partial charge in [0, 0.05) is 14.1 Å². The third-order valence-corrected chi connectivity index (χ3v) is 3.34. The molecular weight excluding hydrogens is 147 g/mol. The fraction of sp³-hybridized carbons (Fsp3) is 0.667. The summed E-state index contributed by atoms with van der Waals surface area (Å²) < 4.78 is 3.96. The van der Waals surface area contributed by atoms with Gasteiger partial charge in [-0.15, -0.1) is 9.34 Å². The van der Waals surface area contributed by atoms with E-state index < -0.39 is 8.45 Å². The van der Waals surface area contributed by atoms with Crippen molar-refractivity contribution < 1.29 is 4.89 Å². The van der Waals surface area contributed by atoms with Crippen LogP contribution in [0.1, 0.15) is 0 Å². The molecule has 1 rings (SSSR count). The Morgan fingerprint density at radius 1 is 1.20 bits per heavy atom. The van der Waals surface area contributed by atoms with Crippen LogP contribution in [-0.4, -0.2) is 41.4 Å². The van der Waals surface area contributed by atoms with E-state index in [0.29, 0.717) is 0 Å². The van der Waals surface area contributed by atoms with Crippen molar-refractivity contribution in [2.24, 2.45) is 0 Å². The normalized spacial score (nSPS) is 25.1. The smallest absolute Gasteiger partial charge is 0.215 e. The monoisotopic (exact) mass is 161 g/mol. The topological polar surface area (TPSA) is 26.7 Å². The highest BCUT2D eigenvalue weighted by atomic mass is 31.2. The molecule has 0 radical (unpaired) electrons. The van der Waals surface area contributed by atoms with Crippen LogP contribution < -0.4 is 0 Å². The molecule has 0 saturated heterocycles. The Bertz CT molecular complexity index is 126. The standard InChI is InChI=1S/C6H13N2OP/c1-7-5-3-4-6-8(2)10(7)9/h3-4,9H,5-6H2,1-2H3/p+1. The molecule has 1 N–H and O–H groups in total. The maximum absolute atomic E-state index is 9.54. The molecule has 0 fully saturated rings. The average Bonchev–Trinajstić information content (AvgIpc) is 2.04. The van der Waals surface area contributed by atoms with Crippen molar-refractivity contribution in [3.05, 3.63) is 12.2 Å². The minimum absolute atomic E-state index is 0.870. The first-order valence-electron chi connectivity index (χ1n) is 3.35. The summed E-state index contributed by atoms with van der Waals surface area (Å²) in [6, 6.07) is 0. The van der Waals surface area contributed by atoms with E-state index in [1.54, 1.807) is 0 Å². The van der Waals surface area contributed by atoms with Crippen molar-refractivity contribution >= 4 is 8.45 Å². The second kappa shape index (κ2) is 3.44. The first-order valence-corrected chi connectivity index (χ1v) is 4.69. The summed E-state index contributed by atoms with van der Waals surface area (Å²) in [6.07, 6.45) is 4.18. The van der Waals surface area contributed by atoms with Crippen molar-refractivity contribution in [3.8, 4) is 0 Å². The molecule has 0 amide bonds. The molecule has 1 aliphatic heterocycles. The maximum Gasteiger partial charge on any atom is 0.273 e. The van der Waals surface area contributed by atoms with Crippen LogP contribution in [0.2, 0.25) is 0 Å². The minimum Gasteiger partial charge on any atom is -0.215 e. The van der Waals surface area contributed by atoms with Crippen LogP contribution >= 0.6 is 8.45 Å². The molecule has 0 spiro atoms. The van der Waals surface area contributed by atoms with Crippen molar-refractivity contribution in [3.63, 3.8) is 0 Å². The van der Waals surface area contributed by atoms with Crippen LogP contribution in [-0.2, 0) is 0 Å². The zero-order chi connectivity index (χ0) is 7.56. The number of hydrogen-bond acceptors (Lipinski definition) is 3. The molecule has 58 valence electrons. The minimum atomic E-state index is -1.38. The molecule has 0 atom stereocenters. The Morgan fingerprint density at radius 2 is 1.60 bits per heavy atom. The largest absolute Gasteiger partial charge is 0.273 e. The van der Waals surface area contributed by atoms with Crippen LogP contribution in [0.3, 0.4) is 0 Å². The third-order valence-electron chi connectivity index (χ3n) is 1.61. The van der Waals surface area contributed by atoms with E-state index in [4.69, 9.17) is 0 Å². The van der Waals surface area contributed by atoms with E-state index in [-0.39, 0.29) is 0 Å². The van der Waals surface area contributed by atoms with Gasteiger partial charge < -0.3 is 0 Å². The first-order chi connectivity index (χ1) is 4.72. The summed E-state index contributed by atoms with van der Waals surface area (Å²) in [4.78, 5) is 9.54. The van der Waals surface area contributed by atoms with Crippen LogP contribution in [0.15, 0.2) is 12.2 Å². The van der Waals surface area contributed by atoms with Crippen molar-refractivity contribution in [2.75, 3.05) is 27.2 Å². The molecule has 1 aliphatic rings. The van der Waals surface area contributed by atoms with E-state index in [1.807, 2.05) is 23.4 Å². The lowest BCUT2D eigenvalue weighted by Gasteiger charge is -2.17. The zero-order valence-corrected chi connectivity index (χ0v) is 7.41. The molecule has 0 aromatic rings. The van der Waals surface area contributed by atoms with E-state index >= 15 is 0 Å². The van der Waals surface area contributed by atoms with E-state index in [0.717, 1.165) is 13.1 Å². The van der Waals surface area contributed by atoms with Gasteiger partial charge >= 0.3 is 0 Å². The van der Waals surface area contributed by atoms with Crippen LogP contribution in [0.5, 0.6) is 0 Å². The lowest BCUT2D eigenvalue weighted by Crippen LogP contribution is -2.20. The van der Waals surface area contributed by atoms with Crippen molar-refractivity contribution in [1.29, 1.82) is 0 Å². The Kier molecular flexibility index (Phi) is 2.81. The molecule has 0 bridgehead atoms. The van der Waals surface area contributed by atoms with Gasteiger partial charge in [-0.1, -0.05) is 12.2 Å². The van der Waals surface area contributed by atoms with Crippen molar-refractivity contribution in [2.45, 2.75) is 0 Å². The Labute approximate surface area is 62.9 Å². The van der Waals surface area contributed by atoms with Crippen molar-refractivity contribution in [1.82, 2.24) is 9.34 Å². The molecule has 0 aliphatic carbocycles. The fourth-order valence-corrected chi connectivity index (χ4v) is 2.04. The van der Waals surface area contributed by atoms with Gasteiger partial charge in [-0.25, -0.2) is 4.89 Å². The molecule has 1 heterocycles. The summed E-state index contributed by atoms with van der Waals surface area (Å²) in [5.74, 6) is 0. The van der Waals surface area contributed by atoms with Crippen LogP contribution in [0, 0.1) is 0 Å². The highest BCUT2D eigenvalue weighted by molar-refractivity contribution is 7.46.